The quantitative estimate of drug-likeness (QED) is 0.877. The van der Waals surface area contributed by atoms with Crippen LogP contribution < -0.4 is 5.32 Å². The monoisotopic (exact) mass is 247 g/mol. The van der Waals surface area contributed by atoms with Gasteiger partial charge in [0.2, 0.25) is 5.95 Å². The van der Waals surface area contributed by atoms with E-state index in [1.54, 1.807) is 0 Å². The van der Waals surface area contributed by atoms with Crippen molar-refractivity contribution in [2.24, 2.45) is 5.41 Å². The normalized spacial score (nSPS) is 27.2. The van der Waals surface area contributed by atoms with Crippen LogP contribution in [-0.4, -0.2) is 15.6 Å². The molecule has 0 radical (unpaired) electrons. The maximum Gasteiger partial charge on any atom is 0.203 e. The summed E-state index contributed by atoms with van der Waals surface area (Å²) < 4.78 is 2.41. The van der Waals surface area contributed by atoms with E-state index in [1.807, 2.05) is 0 Å². The molecule has 2 aliphatic rings. The number of aryl methyl sites for hydroxylation is 1. The minimum Gasteiger partial charge on any atom is -0.352 e. The van der Waals surface area contributed by atoms with Crippen molar-refractivity contribution in [2.75, 3.05) is 5.32 Å². The Morgan fingerprint density at radius 2 is 1.94 bits per heavy atom. The SMILES string of the molecule is Cc1cn(C2CCCCC2)c(NC2CC2(C)C)n1. The average Bonchev–Trinajstić information content (AvgIpc) is 2.77. The Labute approximate surface area is 110 Å². The fourth-order valence-corrected chi connectivity index (χ4v) is 3.13. The third kappa shape index (κ3) is 2.27. The van der Waals surface area contributed by atoms with Crippen molar-refractivity contribution in [3.05, 3.63) is 11.9 Å². The average molecular weight is 247 g/mol. The lowest BCUT2D eigenvalue weighted by Gasteiger charge is -2.25. The Balaban J connectivity index is 1.76. The lowest BCUT2D eigenvalue weighted by molar-refractivity contribution is 0.355. The molecule has 0 saturated heterocycles. The van der Waals surface area contributed by atoms with Gasteiger partial charge in [-0.25, -0.2) is 4.98 Å². The van der Waals surface area contributed by atoms with E-state index in [-0.39, 0.29) is 0 Å². The van der Waals surface area contributed by atoms with Crippen molar-refractivity contribution in [3.63, 3.8) is 0 Å². The minimum absolute atomic E-state index is 0.456. The largest absolute Gasteiger partial charge is 0.352 e. The zero-order valence-electron chi connectivity index (χ0n) is 11.9. The van der Waals surface area contributed by atoms with Crippen molar-refractivity contribution >= 4 is 5.95 Å². The van der Waals surface area contributed by atoms with E-state index in [4.69, 9.17) is 0 Å². The van der Waals surface area contributed by atoms with Crippen molar-refractivity contribution in [1.29, 1.82) is 0 Å². The molecule has 2 saturated carbocycles. The van der Waals surface area contributed by atoms with Crippen LogP contribution in [0, 0.1) is 12.3 Å². The summed E-state index contributed by atoms with van der Waals surface area (Å²) in [5, 5.41) is 3.64. The second-order valence-corrected chi connectivity index (χ2v) is 6.79. The predicted molar refractivity (Wildman–Crippen MR) is 74.9 cm³/mol. The van der Waals surface area contributed by atoms with Crippen LogP contribution in [0.15, 0.2) is 6.20 Å². The molecule has 3 nitrogen and oxygen atoms in total. The van der Waals surface area contributed by atoms with Crippen molar-refractivity contribution < 1.29 is 0 Å². The van der Waals surface area contributed by atoms with Crippen molar-refractivity contribution in [1.82, 2.24) is 9.55 Å². The van der Waals surface area contributed by atoms with Crippen LogP contribution in [0.3, 0.4) is 0 Å². The zero-order valence-corrected chi connectivity index (χ0v) is 11.9. The molecule has 2 fully saturated rings. The molecule has 0 spiro atoms. The summed E-state index contributed by atoms with van der Waals surface area (Å²) in [5.41, 5.74) is 1.60. The van der Waals surface area contributed by atoms with Gasteiger partial charge in [-0.3, -0.25) is 0 Å². The van der Waals surface area contributed by atoms with E-state index >= 15 is 0 Å². The topological polar surface area (TPSA) is 29.9 Å². The van der Waals surface area contributed by atoms with E-state index in [0.717, 1.165) is 11.6 Å². The van der Waals surface area contributed by atoms with Gasteiger partial charge < -0.3 is 9.88 Å². The fourth-order valence-electron chi connectivity index (χ4n) is 3.13. The maximum absolute atomic E-state index is 4.68. The van der Waals surface area contributed by atoms with Gasteiger partial charge in [-0.2, -0.15) is 0 Å². The van der Waals surface area contributed by atoms with Crippen LogP contribution in [-0.2, 0) is 0 Å². The van der Waals surface area contributed by atoms with Crippen LogP contribution in [0.4, 0.5) is 5.95 Å². The summed E-state index contributed by atoms with van der Waals surface area (Å²) in [4.78, 5) is 4.68. The molecule has 2 aliphatic carbocycles. The first-order chi connectivity index (χ1) is 8.56. The Hall–Kier alpha value is -0.990. The first-order valence-electron chi connectivity index (χ1n) is 7.38. The summed E-state index contributed by atoms with van der Waals surface area (Å²) in [7, 11) is 0. The molecular formula is C15H25N3. The van der Waals surface area contributed by atoms with Gasteiger partial charge >= 0.3 is 0 Å². The van der Waals surface area contributed by atoms with Gasteiger partial charge in [0.05, 0.1) is 5.69 Å². The predicted octanol–water partition coefficient (Wildman–Crippen LogP) is 3.91. The number of aromatic nitrogens is 2. The highest BCUT2D eigenvalue weighted by atomic mass is 15.2. The summed E-state index contributed by atoms with van der Waals surface area (Å²) in [6.45, 7) is 6.75. The number of rotatable bonds is 3. The molecule has 0 aromatic carbocycles. The molecule has 3 heteroatoms. The number of anilines is 1. The van der Waals surface area contributed by atoms with Crippen LogP contribution in [0.2, 0.25) is 0 Å². The second-order valence-electron chi connectivity index (χ2n) is 6.79. The lowest BCUT2D eigenvalue weighted by Crippen LogP contribution is -2.18. The summed E-state index contributed by atoms with van der Waals surface area (Å²) in [6.07, 6.45) is 10.3. The fraction of sp³-hybridized carbons (Fsp3) is 0.800. The smallest absolute Gasteiger partial charge is 0.203 e. The molecule has 0 aliphatic heterocycles. The molecule has 1 aromatic rings. The van der Waals surface area contributed by atoms with Crippen LogP contribution in [0.1, 0.15) is 64.1 Å². The Kier molecular flexibility index (Phi) is 2.87. The molecule has 1 aromatic heterocycles. The third-order valence-electron chi connectivity index (χ3n) is 4.64. The molecular weight excluding hydrogens is 222 g/mol. The first kappa shape index (κ1) is 12.1. The second kappa shape index (κ2) is 4.29. The van der Waals surface area contributed by atoms with Crippen molar-refractivity contribution in [3.8, 4) is 0 Å². The summed E-state index contributed by atoms with van der Waals surface area (Å²) in [5.74, 6) is 1.11. The van der Waals surface area contributed by atoms with Gasteiger partial charge in [0.15, 0.2) is 0 Å². The molecule has 1 atom stereocenters. The van der Waals surface area contributed by atoms with Gasteiger partial charge in [0.1, 0.15) is 0 Å². The highest BCUT2D eigenvalue weighted by Gasteiger charge is 2.46. The van der Waals surface area contributed by atoms with Crippen LogP contribution >= 0.6 is 0 Å². The van der Waals surface area contributed by atoms with Gasteiger partial charge in [-0.15, -0.1) is 0 Å². The molecule has 1 unspecified atom stereocenters. The minimum atomic E-state index is 0.456. The van der Waals surface area contributed by atoms with E-state index < -0.39 is 0 Å². The molecule has 0 amide bonds. The Morgan fingerprint density at radius 3 is 2.56 bits per heavy atom. The highest BCUT2D eigenvalue weighted by Crippen LogP contribution is 2.46. The number of hydrogen-bond donors (Lipinski definition) is 1. The van der Waals surface area contributed by atoms with Gasteiger partial charge in [0, 0.05) is 18.3 Å². The molecule has 1 N–H and O–H groups in total. The maximum atomic E-state index is 4.68. The Bertz CT molecular complexity index is 427. The highest BCUT2D eigenvalue weighted by molar-refractivity contribution is 5.35. The number of hydrogen-bond acceptors (Lipinski definition) is 2. The number of imidazole rings is 1. The van der Waals surface area contributed by atoms with Gasteiger partial charge in [-0.1, -0.05) is 33.1 Å². The molecule has 0 bridgehead atoms. The Morgan fingerprint density at radius 1 is 1.28 bits per heavy atom. The first-order valence-corrected chi connectivity index (χ1v) is 7.38. The zero-order chi connectivity index (χ0) is 12.8. The van der Waals surface area contributed by atoms with E-state index in [9.17, 15) is 0 Å². The van der Waals surface area contributed by atoms with Gasteiger partial charge in [-0.05, 0) is 31.6 Å². The molecule has 3 rings (SSSR count). The molecule has 1 heterocycles. The van der Waals surface area contributed by atoms with Crippen LogP contribution in [0.25, 0.3) is 0 Å². The summed E-state index contributed by atoms with van der Waals surface area (Å²) >= 11 is 0. The van der Waals surface area contributed by atoms with E-state index in [1.165, 1.54) is 38.5 Å². The molecule has 18 heavy (non-hydrogen) atoms. The van der Waals surface area contributed by atoms with Crippen molar-refractivity contribution in [2.45, 2.75) is 71.4 Å². The standard InChI is InChI=1S/C15H25N3/c1-11-10-18(12-7-5-4-6-8-12)14(16-11)17-13-9-15(13,2)3/h10,12-13H,4-9H2,1-3H3,(H,16,17). The van der Waals surface area contributed by atoms with E-state index in [0.29, 0.717) is 17.5 Å². The number of nitrogens with zero attached hydrogens (tertiary/aromatic N) is 2. The lowest BCUT2D eigenvalue weighted by atomic mass is 9.95. The van der Waals surface area contributed by atoms with Gasteiger partial charge in [0.25, 0.3) is 0 Å². The third-order valence-corrected chi connectivity index (χ3v) is 4.64. The van der Waals surface area contributed by atoms with Crippen LogP contribution in [0.5, 0.6) is 0 Å². The van der Waals surface area contributed by atoms with E-state index in [2.05, 4.69) is 41.8 Å². The summed E-state index contributed by atoms with van der Waals surface area (Å²) in [6, 6.07) is 1.28. The number of nitrogens with one attached hydrogen (secondary N) is 1. The molecule has 100 valence electrons.